The van der Waals surface area contributed by atoms with E-state index in [1.807, 2.05) is 60.1 Å². The molecule has 3 rings (SSSR count). The van der Waals surface area contributed by atoms with Crippen molar-refractivity contribution in [1.29, 1.82) is 0 Å². The fourth-order valence-electron chi connectivity index (χ4n) is 3.10. The van der Waals surface area contributed by atoms with Crippen molar-refractivity contribution < 1.29 is 14.6 Å². The summed E-state index contributed by atoms with van der Waals surface area (Å²) in [5, 5.41) is 12.4. The predicted octanol–water partition coefficient (Wildman–Crippen LogP) is 3.95. The Kier molecular flexibility index (Phi) is 6.66. The molecular weight excluding hydrogens is 354 g/mol. The fraction of sp³-hybridized carbons (Fsp3) is 0.364. The summed E-state index contributed by atoms with van der Waals surface area (Å²) in [6.07, 6.45) is 6.49. The monoisotopic (exact) mass is 381 g/mol. The molecule has 0 aliphatic rings. The average molecular weight is 381 g/mol. The molecule has 0 aliphatic heterocycles. The molecule has 28 heavy (non-hydrogen) atoms. The normalized spacial score (nSPS) is 12.2. The van der Waals surface area contributed by atoms with Gasteiger partial charge in [0.15, 0.2) is 0 Å². The van der Waals surface area contributed by atoms with Gasteiger partial charge in [0.1, 0.15) is 24.0 Å². The second-order valence-corrected chi connectivity index (χ2v) is 7.00. The van der Waals surface area contributed by atoms with Crippen molar-refractivity contribution in [2.24, 2.45) is 0 Å². The Bertz CT molecular complexity index is 918. The summed E-state index contributed by atoms with van der Waals surface area (Å²) in [5.74, 6) is -0.0330. The number of ether oxygens (including phenoxy) is 1. The van der Waals surface area contributed by atoms with Crippen LogP contribution in [0.15, 0.2) is 48.8 Å². The van der Waals surface area contributed by atoms with Gasteiger partial charge in [-0.3, -0.25) is 4.79 Å². The van der Waals surface area contributed by atoms with E-state index in [0.29, 0.717) is 19.6 Å². The van der Waals surface area contributed by atoms with Crippen LogP contribution in [0.3, 0.4) is 0 Å². The number of hydrogen-bond acceptors (Lipinski definition) is 4. The van der Waals surface area contributed by atoms with E-state index in [0.717, 1.165) is 41.1 Å². The highest BCUT2D eigenvalue weighted by Gasteiger charge is 2.15. The van der Waals surface area contributed by atoms with Crippen molar-refractivity contribution in [2.45, 2.75) is 52.3 Å². The van der Waals surface area contributed by atoms with E-state index < -0.39 is 12.0 Å². The molecule has 1 unspecified atom stereocenters. The number of pyridine rings is 1. The smallest absolute Gasteiger partial charge is 0.320 e. The Morgan fingerprint density at radius 3 is 2.75 bits per heavy atom. The van der Waals surface area contributed by atoms with Gasteiger partial charge in [-0.25, -0.2) is 4.98 Å². The molecule has 2 heterocycles. The van der Waals surface area contributed by atoms with Gasteiger partial charge in [0.05, 0.1) is 5.69 Å². The lowest BCUT2D eigenvalue weighted by Crippen LogP contribution is -2.36. The van der Waals surface area contributed by atoms with Gasteiger partial charge in [-0.1, -0.05) is 38.0 Å². The highest BCUT2D eigenvalue weighted by molar-refractivity contribution is 5.73. The van der Waals surface area contributed by atoms with Gasteiger partial charge in [0, 0.05) is 18.9 Å². The third kappa shape index (κ3) is 5.10. The summed E-state index contributed by atoms with van der Waals surface area (Å²) in [7, 11) is 0. The lowest BCUT2D eigenvalue weighted by molar-refractivity contribution is -0.139. The minimum atomic E-state index is -0.795. The maximum absolute atomic E-state index is 11.3. The molecule has 3 aromatic rings. The van der Waals surface area contributed by atoms with Gasteiger partial charge in [-0.05, 0) is 42.7 Å². The van der Waals surface area contributed by atoms with Crippen molar-refractivity contribution in [1.82, 2.24) is 14.7 Å². The number of carbonyl (C=O) groups is 1. The maximum atomic E-state index is 11.3. The van der Waals surface area contributed by atoms with E-state index in [2.05, 4.69) is 17.2 Å². The van der Waals surface area contributed by atoms with Crippen LogP contribution in [0.2, 0.25) is 0 Å². The molecule has 0 amide bonds. The van der Waals surface area contributed by atoms with Crippen molar-refractivity contribution in [3.8, 4) is 5.75 Å². The standard InChI is InChI=1S/C22H27N3O3/c1-3-4-7-20(22(26)27)23-13-17-8-10-19(11-9-17)28-15-18-14-25-12-5-6-16(2)21(25)24-18/h5-6,8-12,14,20,23H,3-4,7,13,15H2,1-2H3,(H,26,27). The van der Waals surface area contributed by atoms with Crippen LogP contribution in [0.1, 0.15) is 43.0 Å². The van der Waals surface area contributed by atoms with Crippen molar-refractivity contribution in [3.05, 3.63) is 65.6 Å². The number of nitrogens with one attached hydrogen (secondary N) is 1. The number of carboxylic acids is 1. The molecule has 0 fully saturated rings. The lowest BCUT2D eigenvalue weighted by atomic mass is 10.1. The molecule has 0 bridgehead atoms. The largest absolute Gasteiger partial charge is 0.487 e. The Labute approximate surface area is 165 Å². The van der Waals surface area contributed by atoms with Crippen LogP contribution in [0, 0.1) is 6.92 Å². The molecule has 0 saturated heterocycles. The summed E-state index contributed by atoms with van der Waals surface area (Å²) in [6, 6.07) is 11.2. The average Bonchev–Trinajstić information content (AvgIpc) is 3.11. The lowest BCUT2D eigenvalue weighted by Gasteiger charge is -2.14. The first-order chi connectivity index (χ1) is 13.6. The minimum Gasteiger partial charge on any atom is -0.487 e. The van der Waals surface area contributed by atoms with Crippen LogP contribution in [0.25, 0.3) is 5.65 Å². The second-order valence-electron chi connectivity index (χ2n) is 7.00. The topological polar surface area (TPSA) is 75.9 Å². The van der Waals surface area contributed by atoms with E-state index >= 15 is 0 Å². The van der Waals surface area contributed by atoms with Crippen LogP contribution in [-0.2, 0) is 17.9 Å². The molecule has 0 aliphatic carbocycles. The minimum absolute atomic E-state index is 0.400. The van der Waals surface area contributed by atoms with Crippen LogP contribution < -0.4 is 10.1 Å². The number of carboxylic acid groups (broad SMARTS) is 1. The van der Waals surface area contributed by atoms with Crippen LogP contribution in [0.4, 0.5) is 0 Å². The molecule has 2 N–H and O–H groups in total. The van der Waals surface area contributed by atoms with Crippen LogP contribution >= 0.6 is 0 Å². The number of benzene rings is 1. The van der Waals surface area contributed by atoms with Crippen molar-refractivity contribution in [3.63, 3.8) is 0 Å². The molecule has 2 aromatic heterocycles. The van der Waals surface area contributed by atoms with Crippen LogP contribution in [-0.4, -0.2) is 26.5 Å². The molecule has 148 valence electrons. The first-order valence-corrected chi connectivity index (χ1v) is 9.68. The van der Waals surface area contributed by atoms with Crippen molar-refractivity contribution in [2.75, 3.05) is 0 Å². The van der Waals surface area contributed by atoms with Gasteiger partial charge in [-0.15, -0.1) is 0 Å². The van der Waals surface area contributed by atoms with Gasteiger partial charge in [0.2, 0.25) is 0 Å². The number of aromatic nitrogens is 2. The molecule has 1 aromatic carbocycles. The summed E-state index contributed by atoms with van der Waals surface area (Å²) < 4.78 is 7.84. The molecule has 0 spiro atoms. The first-order valence-electron chi connectivity index (χ1n) is 9.68. The summed E-state index contributed by atoms with van der Waals surface area (Å²) in [5.41, 5.74) is 3.97. The van der Waals surface area contributed by atoms with Gasteiger partial charge < -0.3 is 19.6 Å². The van der Waals surface area contributed by atoms with E-state index in [9.17, 15) is 9.90 Å². The Balaban J connectivity index is 1.53. The third-order valence-corrected chi connectivity index (χ3v) is 4.73. The number of aliphatic carboxylic acids is 1. The van der Waals surface area contributed by atoms with E-state index in [1.165, 1.54) is 0 Å². The second kappa shape index (κ2) is 9.37. The number of fused-ring (bicyclic) bond motifs is 1. The van der Waals surface area contributed by atoms with E-state index in [1.54, 1.807) is 0 Å². The molecular formula is C22H27N3O3. The zero-order chi connectivity index (χ0) is 19.9. The summed E-state index contributed by atoms with van der Waals surface area (Å²) in [6.45, 7) is 5.02. The summed E-state index contributed by atoms with van der Waals surface area (Å²) >= 11 is 0. The highest BCUT2D eigenvalue weighted by Crippen LogP contribution is 2.16. The SMILES string of the molecule is CCCCC(NCc1ccc(OCc2cn3cccc(C)c3n2)cc1)C(=O)O. The maximum Gasteiger partial charge on any atom is 0.320 e. The number of hydrogen-bond donors (Lipinski definition) is 2. The van der Waals surface area contributed by atoms with Gasteiger partial charge >= 0.3 is 5.97 Å². The fourth-order valence-corrected chi connectivity index (χ4v) is 3.10. The van der Waals surface area contributed by atoms with E-state index in [-0.39, 0.29) is 0 Å². The number of rotatable bonds is 10. The number of nitrogens with zero attached hydrogens (tertiary/aromatic N) is 2. The molecule has 0 radical (unpaired) electrons. The number of aryl methyl sites for hydroxylation is 1. The Morgan fingerprint density at radius 2 is 2.07 bits per heavy atom. The Hall–Kier alpha value is -2.86. The zero-order valence-corrected chi connectivity index (χ0v) is 16.4. The molecule has 0 saturated carbocycles. The van der Waals surface area contributed by atoms with Gasteiger partial charge in [-0.2, -0.15) is 0 Å². The van der Waals surface area contributed by atoms with Crippen LogP contribution in [0.5, 0.6) is 5.75 Å². The zero-order valence-electron chi connectivity index (χ0n) is 16.4. The quantitative estimate of drug-likeness (QED) is 0.556. The third-order valence-electron chi connectivity index (χ3n) is 4.73. The van der Waals surface area contributed by atoms with Gasteiger partial charge in [0.25, 0.3) is 0 Å². The molecule has 6 heteroatoms. The van der Waals surface area contributed by atoms with Crippen molar-refractivity contribution >= 4 is 11.6 Å². The Morgan fingerprint density at radius 1 is 1.29 bits per heavy atom. The van der Waals surface area contributed by atoms with E-state index in [4.69, 9.17) is 4.74 Å². The number of imidazole rings is 1. The number of unbranched alkanes of at least 4 members (excludes halogenated alkanes) is 1. The molecule has 1 atom stereocenters. The summed E-state index contributed by atoms with van der Waals surface area (Å²) in [4.78, 5) is 15.9. The first kappa shape index (κ1) is 19.9. The highest BCUT2D eigenvalue weighted by atomic mass is 16.5. The molecule has 6 nitrogen and oxygen atoms in total. The predicted molar refractivity (Wildman–Crippen MR) is 108 cm³/mol.